The summed E-state index contributed by atoms with van der Waals surface area (Å²) < 4.78 is 0. The summed E-state index contributed by atoms with van der Waals surface area (Å²) >= 11 is 0. The highest BCUT2D eigenvalue weighted by Crippen LogP contribution is 2.67. The minimum atomic E-state index is -0.589. The minimum Gasteiger partial charge on any atom is -0.392 e. The molecule has 3 nitrogen and oxygen atoms in total. The van der Waals surface area contributed by atoms with E-state index in [9.17, 15) is 15.0 Å². The number of aliphatic hydroxyl groups is 2. The zero-order valence-electron chi connectivity index (χ0n) is 15.0. The lowest BCUT2D eigenvalue weighted by Gasteiger charge is -2.61. The number of carbonyl (C=O) groups excluding carboxylic acids is 1. The third kappa shape index (κ3) is 1.99. The average molecular weight is 320 g/mol. The molecule has 3 heteroatoms. The van der Waals surface area contributed by atoms with Gasteiger partial charge in [-0.2, -0.15) is 0 Å². The molecule has 2 N–H and O–H groups in total. The van der Waals surface area contributed by atoms with E-state index in [0.29, 0.717) is 24.5 Å². The molecule has 0 spiro atoms. The molecule has 8 atom stereocenters. The molecule has 0 heterocycles. The Labute approximate surface area is 140 Å². The van der Waals surface area contributed by atoms with Crippen molar-refractivity contribution in [3.8, 4) is 0 Å². The number of hydrogen-bond acceptors (Lipinski definition) is 3. The largest absolute Gasteiger partial charge is 0.392 e. The van der Waals surface area contributed by atoms with E-state index in [-0.39, 0.29) is 17.3 Å². The molecule has 0 aromatic carbocycles. The van der Waals surface area contributed by atoms with Gasteiger partial charge in [-0.3, -0.25) is 4.79 Å². The lowest BCUT2D eigenvalue weighted by Crippen LogP contribution is -2.62. The highest BCUT2D eigenvalue weighted by molar-refractivity contribution is 5.85. The fourth-order valence-corrected chi connectivity index (χ4v) is 6.37. The van der Waals surface area contributed by atoms with Crippen LogP contribution in [0.5, 0.6) is 0 Å². The van der Waals surface area contributed by atoms with Crippen LogP contribution in [0.3, 0.4) is 0 Å². The normalized spacial score (nSPS) is 56.6. The van der Waals surface area contributed by atoms with Gasteiger partial charge >= 0.3 is 0 Å². The Bertz CT molecular complexity index is 529. The molecule has 0 aromatic rings. The maximum atomic E-state index is 12.8. The first-order valence-corrected chi connectivity index (χ1v) is 9.16. The molecular weight excluding hydrogens is 288 g/mol. The maximum absolute atomic E-state index is 12.8. The van der Waals surface area contributed by atoms with Gasteiger partial charge in [0.15, 0.2) is 0 Å². The number of rotatable bonds is 1. The maximum Gasteiger partial charge on any atom is 0.137 e. The van der Waals surface area contributed by atoms with Gasteiger partial charge in [0.05, 0.1) is 12.2 Å². The molecule has 0 unspecified atom stereocenters. The third-order valence-electron chi connectivity index (χ3n) is 8.33. The molecule has 0 radical (unpaired) electrons. The first-order chi connectivity index (χ1) is 10.6. The van der Waals surface area contributed by atoms with Crippen LogP contribution in [0.25, 0.3) is 0 Å². The number of aliphatic hydroxyl groups excluding tert-OH is 2. The molecule has 3 saturated carbocycles. The van der Waals surface area contributed by atoms with E-state index in [1.165, 1.54) is 0 Å². The first kappa shape index (κ1) is 17.2. The number of hydrogen-bond donors (Lipinski definition) is 2. The summed E-state index contributed by atoms with van der Waals surface area (Å²) in [6.07, 6.45) is 4.60. The Balaban J connectivity index is 2.21. The van der Waals surface area contributed by atoms with Gasteiger partial charge in [-0.15, -0.1) is 6.58 Å². The fourth-order valence-electron chi connectivity index (χ4n) is 6.37. The zero-order valence-corrected chi connectivity index (χ0v) is 15.0. The van der Waals surface area contributed by atoms with Crippen LogP contribution < -0.4 is 0 Å². The Morgan fingerprint density at radius 2 is 1.87 bits per heavy atom. The van der Waals surface area contributed by atoms with Gasteiger partial charge in [0.1, 0.15) is 5.78 Å². The molecule has 3 rings (SSSR count). The van der Waals surface area contributed by atoms with Gasteiger partial charge in [0, 0.05) is 23.2 Å². The molecule has 3 aliphatic rings. The van der Waals surface area contributed by atoms with Crippen LogP contribution in [0.1, 0.15) is 59.8 Å². The van der Waals surface area contributed by atoms with Gasteiger partial charge in [0.25, 0.3) is 0 Å². The van der Waals surface area contributed by atoms with Crippen LogP contribution in [-0.2, 0) is 4.79 Å². The third-order valence-corrected chi connectivity index (χ3v) is 8.33. The summed E-state index contributed by atoms with van der Waals surface area (Å²) in [7, 11) is 0. The van der Waals surface area contributed by atoms with Gasteiger partial charge in [-0.05, 0) is 42.9 Å². The smallest absolute Gasteiger partial charge is 0.137 e. The van der Waals surface area contributed by atoms with Crippen molar-refractivity contribution < 1.29 is 15.0 Å². The van der Waals surface area contributed by atoms with Gasteiger partial charge in [-0.25, -0.2) is 0 Å². The van der Waals surface area contributed by atoms with Crippen molar-refractivity contribution in [3.63, 3.8) is 0 Å². The predicted molar refractivity (Wildman–Crippen MR) is 90.8 cm³/mol. The van der Waals surface area contributed by atoms with Crippen molar-refractivity contribution in [3.05, 3.63) is 12.7 Å². The summed E-state index contributed by atoms with van der Waals surface area (Å²) in [5.41, 5.74) is -1.07. The van der Waals surface area contributed by atoms with Crippen molar-refractivity contribution in [2.24, 2.45) is 34.0 Å². The van der Waals surface area contributed by atoms with E-state index in [4.69, 9.17) is 0 Å². The fraction of sp³-hybridized carbons (Fsp3) is 0.850. The molecule has 0 saturated heterocycles. The van der Waals surface area contributed by atoms with Crippen molar-refractivity contribution in [1.29, 1.82) is 0 Å². The molecule has 0 aromatic heterocycles. The molecule has 3 fully saturated rings. The summed E-state index contributed by atoms with van der Waals surface area (Å²) in [6.45, 7) is 12.4. The van der Waals surface area contributed by atoms with Gasteiger partial charge in [0.2, 0.25) is 0 Å². The molecule has 0 amide bonds. The highest BCUT2D eigenvalue weighted by atomic mass is 16.3. The number of ketones is 1. The standard InChI is InChI=1S/C20H32O3/c1-6-18(4)11-15(22)19(5)12(2)7-9-20(13(3)17(18)23)10-8-14(21)16(19)20/h6,12-13,15-17,22-23H,1,7-11H2,2-5H3/t12-,13+,15+,16+,17+,18-,19+,20+/m1/s1. The van der Waals surface area contributed by atoms with Crippen LogP contribution >= 0.6 is 0 Å². The lowest BCUT2D eigenvalue weighted by atomic mass is 9.44. The van der Waals surface area contributed by atoms with Crippen LogP contribution in [0.2, 0.25) is 0 Å². The topological polar surface area (TPSA) is 57.5 Å². The van der Waals surface area contributed by atoms with Crippen molar-refractivity contribution in [2.45, 2.75) is 72.0 Å². The molecule has 0 aliphatic heterocycles. The van der Waals surface area contributed by atoms with Gasteiger partial charge in [-0.1, -0.05) is 33.8 Å². The second-order valence-corrected chi connectivity index (χ2v) is 9.10. The van der Waals surface area contributed by atoms with Crippen molar-refractivity contribution in [2.75, 3.05) is 0 Å². The highest BCUT2D eigenvalue weighted by Gasteiger charge is 2.67. The monoisotopic (exact) mass is 320 g/mol. The Morgan fingerprint density at radius 3 is 2.48 bits per heavy atom. The number of Topliss-reactive ketones (excluding diaryl/α,β-unsaturated/α-hetero) is 1. The van der Waals surface area contributed by atoms with E-state index < -0.39 is 23.0 Å². The zero-order chi connectivity index (χ0) is 17.2. The van der Waals surface area contributed by atoms with Crippen molar-refractivity contribution >= 4 is 5.78 Å². The Morgan fingerprint density at radius 1 is 1.22 bits per heavy atom. The Kier molecular flexibility index (Phi) is 3.85. The second-order valence-electron chi connectivity index (χ2n) is 9.10. The molecule has 3 aliphatic carbocycles. The van der Waals surface area contributed by atoms with Gasteiger partial charge < -0.3 is 10.2 Å². The van der Waals surface area contributed by atoms with E-state index in [0.717, 1.165) is 19.3 Å². The second kappa shape index (κ2) is 5.16. The van der Waals surface area contributed by atoms with E-state index in [2.05, 4.69) is 27.4 Å². The van der Waals surface area contributed by atoms with Crippen LogP contribution in [0.15, 0.2) is 12.7 Å². The molecule has 23 heavy (non-hydrogen) atoms. The van der Waals surface area contributed by atoms with Crippen LogP contribution in [-0.4, -0.2) is 28.2 Å². The molecule has 130 valence electrons. The van der Waals surface area contributed by atoms with Crippen LogP contribution in [0.4, 0.5) is 0 Å². The average Bonchev–Trinajstić information content (AvgIpc) is 2.87. The summed E-state index contributed by atoms with van der Waals surface area (Å²) in [5.74, 6) is 0.544. The van der Waals surface area contributed by atoms with E-state index in [1.807, 2.05) is 13.0 Å². The Hall–Kier alpha value is -0.670. The van der Waals surface area contributed by atoms with Crippen LogP contribution in [0, 0.1) is 34.0 Å². The quantitative estimate of drug-likeness (QED) is 0.729. The van der Waals surface area contributed by atoms with E-state index >= 15 is 0 Å². The summed E-state index contributed by atoms with van der Waals surface area (Å²) in [4.78, 5) is 12.8. The van der Waals surface area contributed by atoms with E-state index in [1.54, 1.807) is 0 Å². The summed E-state index contributed by atoms with van der Waals surface area (Å²) in [5, 5.41) is 22.3. The predicted octanol–water partition coefficient (Wildman–Crippen LogP) is 3.34. The summed E-state index contributed by atoms with van der Waals surface area (Å²) in [6, 6.07) is 0. The first-order valence-electron chi connectivity index (χ1n) is 9.16. The lowest BCUT2D eigenvalue weighted by molar-refractivity contribution is -0.191. The number of carbonyl (C=O) groups is 1. The molecule has 2 bridgehead atoms. The minimum absolute atomic E-state index is 0.0428. The van der Waals surface area contributed by atoms with Crippen molar-refractivity contribution in [1.82, 2.24) is 0 Å². The SMILES string of the molecule is C=C[C@]1(C)C[C@H](O)[C@]2(C)[C@H](C)CC[C@]3(CCC(=O)[C@H]32)[C@@H](C)[C@@H]1O. The molecular formula is C20H32O3.